The predicted molar refractivity (Wildman–Crippen MR) is 216 cm³/mol. The Labute approximate surface area is 291 Å². The molecular weight excluding hydrogens is 601 g/mol. The summed E-state index contributed by atoms with van der Waals surface area (Å²) in [6.45, 7) is 0. The Morgan fingerprint density at radius 2 is 0.540 bits per heavy atom. The van der Waals surface area contributed by atoms with Crippen molar-refractivity contribution in [2.45, 2.75) is 0 Å². The lowest BCUT2D eigenvalue weighted by molar-refractivity contribution is 1.63. The summed E-state index contributed by atoms with van der Waals surface area (Å²) in [4.78, 5) is 0. The van der Waals surface area contributed by atoms with Crippen LogP contribution in [0.4, 0.5) is 0 Å². The average Bonchev–Trinajstić information content (AvgIpc) is 3.19. The zero-order valence-corrected chi connectivity index (χ0v) is 27.5. The van der Waals surface area contributed by atoms with Gasteiger partial charge in [-0.25, -0.2) is 0 Å². The van der Waals surface area contributed by atoms with Crippen molar-refractivity contribution in [2.24, 2.45) is 0 Å². The molecule has 0 unspecified atom stereocenters. The molecule has 0 heterocycles. The molecule has 0 aliphatic carbocycles. The fourth-order valence-electron chi connectivity index (χ4n) is 8.24. The maximum absolute atomic E-state index is 2.43. The van der Waals surface area contributed by atoms with Crippen LogP contribution in [0.1, 0.15) is 0 Å². The summed E-state index contributed by atoms with van der Waals surface area (Å²) in [6.07, 6.45) is 0. The van der Waals surface area contributed by atoms with Gasteiger partial charge in [0, 0.05) is 0 Å². The lowest BCUT2D eigenvalue weighted by atomic mass is 9.80. The quantitative estimate of drug-likeness (QED) is 0.169. The molecule has 0 radical (unpaired) electrons. The molecule has 10 aromatic rings. The van der Waals surface area contributed by atoms with E-state index in [2.05, 4.69) is 194 Å². The molecule has 0 spiro atoms. The molecule has 0 aliphatic rings. The van der Waals surface area contributed by atoms with Crippen molar-refractivity contribution in [3.63, 3.8) is 0 Å². The second kappa shape index (κ2) is 11.6. The molecule has 232 valence electrons. The van der Waals surface area contributed by atoms with Crippen LogP contribution in [0.25, 0.3) is 98.4 Å². The van der Waals surface area contributed by atoms with Crippen LogP contribution in [0.3, 0.4) is 0 Å². The number of rotatable bonds is 4. The highest BCUT2D eigenvalue weighted by atomic mass is 14.3. The van der Waals surface area contributed by atoms with Crippen LogP contribution in [-0.2, 0) is 0 Å². The van der Waals surface area contributed by atoms with Crippen LogP contribution in [0.5, 0.6) is 0 Å². The SMILES string of the molecule is c1ccc(-c2c(-c3c4ccccc4c(-c4ccc5ccccc5c4-c4ccccc4)c4cc5ccccc5cc34)ccc3ccccc23)cc1. The summed E-state index contributed by atoms with van der Waals surface area (Å²) >= 11 is 0. The van der Waals surface area contributed by atoms with E-state index in [9.17, 15) is 0 Å². The first kappa shape index (κ1) is 28.5. The van der Waals surface area contributed by atoms with Gasteiger partial charge in [-0.1, -0.05) is 182 Å². The van der Waals surface area contributed by atoms with Crippen LogP contribution < -0.4 is 0 Å². The molecule has 0 N–H and O–H groups in total. The van der Waals surface area contributed by atoms with Gasteiger partial charge in [-0.2, -0.15) is 0 Å². The fourth-order valence-corrected chi connectivity index (χ4v) is 8.24. The van der Waals surface area contributed by atoms with Crippen molar-refractivity contribution in [3.05, 3.63) is 194 Å². The van der Waals surface area contributed by atoms with Gasteiger partial charge in [0.1, 0.15) is 0 Å². The van der Waals surface area contributed by atoms with E-state index in [4.69, 9.17) is 0 Å². The van der Waals surface area contributed by atoms with Crippen molar-refractivity contribution < 1.29 is 0 Å². The Morgan fingerprint density at radius 3 is 0.960 bits per heavy atom. The highest BCUT2D eigenvalue weighted by Gasteiger charge is 2.23. The Bertz CT molecular complexity index is 2700. The van der Waals surface area contributed by atoms with Gasteiger partial charge in [0.2, 0.25) is 0 Å². The topological polar surface area (TPSA) is 0 Å². The van der Waals surface area contributed by atoms with Crippen LogP contribution in [0.2, 0.25) is 0 Å². The Hall–Kier alpha value is -6.50. The van der Waals surface area contributed by atoms with Crippen LogP contribution in [-0.4, -0.2) is 0 Å². The lowest BCUT2D eigenvalue weighted by Gasteiger charge is -2.23. The average molecular weight is 633 g/mol. The number of hydrogen-bond acceptors (Lipinski definition) is 0. The third-order valence-corrected chi connectivity index (χ3v) is 10.4. The van der Waals surface area contributed by atoms with Gasteiger partial charge in [0.25, 0.3) is 0 Å². The third-order valence-electron chi connectivity index (χ3n) is 10.4. The fraction of sp³-hybridized carbons (Fsp3) is 0. The second-order valence-electron chi connectivity index (χ2n) is 13.2. The number of hydrogen-bond donors (Lipinski definition) is 0. The van der Waals surface area contributed by atoms with Gasteiger partial charge in [-0.05, 0) is 111 Å². The van der Waals surface area contributed by atoms with E-state index < -0.39 is 0 Å². The highest BCUT2D eigenvalue weighted by Crippen LogP contribution is 2.50. The van der Waals surface area contributed by atoms with Crippen LogP contribution in [0, 0.1) is 0 Å². The Morgan fingerprint density at radius 1 is 0.200 bits per heavy atom. The summed E-state index contributed by atoms with van der Waals surface area (Å²) in [5, 5.41) is 12.5. The molecule has 0 saturated heterocycles. The second-order valence-corrected chi connectivity index (χ2v) is 13.2. The monoisotopic (exact) mass is 632 g/mol. The minimum atomic E-state index is 1.22. The van der Waals surface area contributed by atoms with Gasteiger partial charge < -0.3 is 0 Å². The van der Waals surface area contributed by atoms with Crippen LogP contribution >= 0.6 is 0 Å². The summed E-state index contributed by atoms with van der Waals surface area (Å²) in [6, 6.07) is 71.4. The summed E-state index contributed by atoms with van der Waals surface area (Å²) in [5.74, 6) is 0. The van der Waals surface area contributed by atoms with Crippen molar-refractivity contribution in [3.8, 4) is 44.5 Å². The molecule has 0 heteroatoms. The first-order valence-corrected chi connectivity index (χ1v) is 17.4. The molecule has 0 atom stereocenters. The van der Waals surface area contributed by atoms with E-state index in [-0.39, 0.29) is 0 Å². The minimum absolute atomic E-state index is 1.22. The molecule has 0 aliphatic heterocycles. The zero-order valence-electron chi connectivity index (χ0n) is 27.5. The molecule has 0 nitrogen and oxygen atoms in total. The van der Waals surface area contributed by atoms with Gasteiger partial charge >= 0.3 is 0 Å². The van der Waals surface area contributed by atoms with E-state index in [1.165, 1.54) is 98.4 Å². The van der Waals surface area contributed by atoms with Crippen LogP contribution in [0.15, 0.2) is 194 Å². The molecule has 0 aromatic heterocycles. The van der Waals surface area contributed by atoms with Gasteiger partial charge in [-0.3, -0.25) is 0 Å². The molecule has 0 saturated carbocycles. The Balaban J connectivity index is 1.42. The van der Waals surface area contributed by atoms with Gasteiger partial charge in [0.15, 0.2) is 0 Å². The molecule has 10 rings (SSSR count). The van der Waals surface area contributed by atoms with Crippen molar-refractivity contribution >= 4 is 53.9 Å². The number of benzene rings is 10. The number of fused-ring (bicyclic) bond motifs is 5. The van der Waals surface area contributed by atoms with Gasteiger partial charge in [0.05, 0.1) is 0 Å². The lowest BCUT2D eigenvalue weighted by Crippen LogP contribution is -1.95. The van der Waals surface area contributed by atoms with E-state index in [1.54, 1.807) is 0 Å². The molecule has 0 fully saturated rings. The molecule has 0 amide bonds. The normalized spacial score (nSPS) is 11.6. The summed E-state index contributed by atoms with van der Waals surface area (Å²) in [5.41, 5.74) is 10.0. The third kappa shape index (κ3) is 4.46. The maximum Gasteiger partial charge on any atom is -0.00197 e. The van der Waals surface area contributed by atoms with Crippen molar-refractivity contribution in [2.75, 3.05) is 0 Å². The van der Waals surface area contributed by atoms with Gasteiger partial charge in [-0.15, -0.1) is 0 Å². The first-order chi connectivity index (χ1) is 24.8. The predicted octanol–water partition coefficient (Wildman–Crippen LogP) is 14.1. The first-order valence-electron chi connectivity index (χ1n) is 17.4. The van der Waals surface area contributed by atoms with E-state index >= 15 is 0 Å². The molecular formula is C50H32. The van der Waals surface area contributed by atoms with E-state index in [0.29, 0.717) is 0 Å². The van der Waals surface area contributed by atoms with E-state index in [0.717, 1.165) is 0 Å². The van der Waals surface area contributed by atoms with E-state index in [1.807, 2.05) is 0 Å². The smallest absolute Gasteiger partial charge is 0.00197 e. The standard InChI is InChI=1S/C50H32/c1-3-17-35(18-4-1)47-39-23-11-9-15-33(39)27-29-43(47)49-41-25-13-14-26-42(41)50(46-32-38-22-8-7-21-37(38)31-45(46)49)44-30-28-34-16-10-12-24-40(34)48(44)36-19-5-2-6-20-36/h1-32H. The van der Waals surface area contributed by atoms with Crippen molar-refractivity contribution in [1.29, 1.82) is 0 Å². The minimum Gasteiger partial charge on any atom is -0.0622 e. The highest BCUT2D eigenvalue weighted by molar-refractivity contribution is 6.27. The molecule has 0 bridgehead atoms. The summed E-state index contributed by atoms with van der Waals surface area (Å²) < 4.78 is 0. The Kier molecular flexibility index (Phi) is 6.60. The maximum atomic E-state index is 2.43. The largest absolute Gasteiger partial charge is 0.0622 e. The molecule has 50 heavy (non-hydrogen) atoms. The summed E-state index contributed by atoms with van der Waals surface area (Å²) in [7, 11) is 0. The molecule has 10 aromatic carbocycles. The van der Waals surface area contributed by atoms with Crippen molar-refractivity contribution in [1.82, 2.24) is 0 Å². The zero-order chi connectivity index (χ0) is 33.0.